The van der Waals surface area contributed by atoms with Crippen LogP contribution in [0.4, 0.5) is 4.39 Å². The lowest BCUT2D eigenvalue weighted by Crippen LogP contribution is -2.33. The minimum Gasteiger partial charge on any atom is -0.340 e. The molecule has 0 saturated carbocycles. The van der Waals surface area contributed by atoms with Crippen molar-refractivity contribution in [1.29, 1.82) is 0 Å². The number of carbonyl (C=O) groups is 1. The van der Waals surface area contributed by atoms with Gasteiger partial charge in [0.2, 0.25) is 11.7 Å². The van der Waals surface area contributed by atoms with Crippen molar-refractivity contribution in [3.8, 4) is 11.4 Å². The van der Waals surface area contributed by atoms with E-state index in [1.165, 1.54) is 21.8 Å². The first-order valence-corrected chi connectivity index (χ1v) is 8.36. The number of likely N-dealkylation sites (N-methyl/N-ethyl adjacent to an activating group) is 1. The predicted molar refractivity (Wildman–Crippen MR) is 95.8 cm³/mol. The smallest absolute Gasteiger partial charge is 0.249 e. The Labute approximate surface area is 155 Å². The number of hydrogen-bond acceptors (Lipinski definition) is 4. The van der Waals surface area contributed by atoms with Gasteiger partial charge in [-0.3, -0.25) is 4.79 Å². The van der Waals surface area contributed by atoms with Gasteiger partial charge >= 0.3 is 0 Å². The van der Waals surface area contributed by atoms with Gasteiger partial charge in [-0.2, -0.15) is 4.80 Å². The monoisotopic (exact) mass is 373 g/mol. The molecular formula is C18H17ClFN5O. The van der Waals surface area contributed by atoms with E-state index < -0.39 is 6.04 Å². The zero-order chi connectivity index (χ0) is 18.7. The van der Waals surface area contributed by atoms with Crippen molar-refractivity contribution in [3.05, 3.63) is 64.9 Å². The van der Waals surface area contributed by atoms with Crippen LogP contribution in [0.3, 0.4) is 0 Å². The third kappa shape index (κ3) is 4.05. The van der Waals surface area contributed by atoms with E-state index in [0.29, 0.717) is 16.4 Å². The summed E-state index contributed by atoms with van der Waals surface area (Å²) in [7, 11) is 1.65. The van der Waals surface area contributed by atoms with Gasteiger partial charge in [-0.25, -0.2) is 4.39 Å². The third-order valence-electron chi connectivity index (χ3n) is 3.90. The Morgan fingerprint density at radius 3 is 2.77 bits per heavy atom. The summed E-state index contributed by atoms with van der Waals surface area (Å²) in [6.45, 7) is 1.98. The average Bonchev–Trinajstić information content (AvgIpc) is 3.10. The number of halogens is 2. The second-order valence-electron chi connectivity index (χ2n) is 5.94. The Kier molecular flexibility index (Phi) is 5.27. The molecule has 2 aromatic carbocycles. The number of amides is 1. The molecule has 0 fully saturated rings. The normalized spacial score (nSPS) is 12.0. The highest BCUT2D eigenvalue weighted by atomic mass is 35.5. The van der Waals surface area contributed by atoms with Gasteiger partial charge < -0.3 is 4.90 Å². The van der Waals surface area contributed by atoms with Gasteiger partial charge in [0.1, 0.15) is 11.9 Å². The van der Waals surface area contributed by atoms with Crippen LogP contribution in [0.2, 0.25) is 5.02 Å². The number of carbonyl (C=O) groups excluding carboxylic acids is 1. The van der Waals surface area contributed by atoms with Gasteiger partial charge in [0.25, 0.3) is 0 Å². The van der Waals surface area contributed by atoms with Crippen LogP contribution in [0.15, 0.2) is 48.5 Å². The van der Waals surface area contributed by atoms with Crippen LogP contribution in [0.1, 0.15) is 18.5 Å². The maximum atomic E-state index is 13.3. The summed E-state index contributed by atoms with van der Waals surface area (Å²) in [4.78, 5) is 15.4. The summed E-state index contributed by atoms with van der Waals surface area (Å²) in [5.41, 5.74) is 1.43. The van der Waals surface area contributed by atoms with Crippen molar-refractivity contribution in [2.24, 2.45) is 0 Å². The maximum Gasteiger partial charge on any atom is 0.249 e. The van der Waals surface area contributed by atoms with E-state index in [4.69, 9.17) is 11.6 Å². The topological polar surface area (TPSA) is 63.9 Å². The van der Waals surface area contributed by atoms with Crippen molar-refractivity contribution in [1.82, 2.24) is 25.1 Å². The lowest BCUT2D eigenvalue weighted by molar-refractivity contribution is -0.134. The molecule has 0 N–H and O–H groups in total. The molecule has 0 aliphatic heterocycles. The molecule has 1 aromatic heterocycles. The molecule has 0 aliphatic carbocycles. The van der Waals surface area contributed by atoms with Crippen LogP contribution < -0.4 is 0 Å². The minimum atomic E-state index is -0.644. The molecule has 1 heterocycles. The zero-order valence-electron chi connectivity index (χ0n) is 14.3. The number of rotatable bonds is 5. The van der Waals surface area contributed by atoms with E-state index in [0.717, 1.165) is 5.56 Å². The molecule has 134 valence electrons. The van der Waals surface area contributed by atoms with Crippen molar-refractivity contribution in [2.75, 3.05) is 7.05 Å². The van der Waals surface area contributed by atoms with Crippen LogP contribution in [0, 0.1) is 5.82 Å². The number of nitrogens with zero attached hydrogens (tertiary/aromatic N) is 5. The molecule has 3 aromatic rings. The second-order valence-corrected chi connectivity index (χ2v) is 6.38. The Morgan fingerprint density at radius 2 is 2.04 bits per heavy atom. The van der Waals surface area contributed by atoms with Crippen LogP contribution in [0.5, 0.6) is 0 Å². The van der Waals surface area contributed by atoms with E-state index in [2.05, 4.69) is 15.4 Å². The zero-order valence-corrected chi connectivity index (χ0v) is 15.1. The standard InChI is InChI=1S/C18H17ClFN5O/c1-12(18(26)24(2)11-13-5-3-8-16(20)9-13)25-22-17(21-23-25)14-6-4-7-15(19)10-14/h3-10,12H,11H2,1-2H3. The Bertz CT molecular complexity index is 929. The van der Waals surface area contributed by atoms with E-state index >= 15 is 0 Å². The van der Waals surface area contributed by atoms with Crippen LogP contribution >= 0.6 is 11.6 Å². The molecule has 0 saturated heterocycles. The Hall–Kier alpha value is -2.80. The molecule has 1 amide bonds. The molecule has 26 heavy (non-hydrogen) atoms. The first-order chi connectivity index (χ1) is 12.4. The summed E-state index contributed by atoms with van der Waals surface area (Å²) in [5, 5.41) is 12.8. The summed E-state index contributed by atoms with van der Waals surface area (Å²) in [6.07, 6.45) is 0. The fraction of sp³-hybridized carbons (Fsp3) is 0.222. The molecule has 8 heteroatoms. The van der Waals surface area contributed by atoms with Gasteiger partial charge in [-0.1, -0.05) is 35.9 Å². The van der Waals surface area contributed by atoms with E-state index in [-0.39, 0.29) is 18.3 Å². The molecular weight excluding hydrogens is 357 g/mol. The number of tetrazole rings is 1. The number of hydrogen-bond donors (Lipinski definition) is 0. The van der Waals surface area contributed by atoms with Gasteiger partial charge in [-0.05, 0) is 42.0 Å². The van der Waals surface area contributed by atoms with Crippen molar-refractivity contribution >= 4 is 17.5 Å². The molecule has 0 radical (unpaired) electrons. The van der Waals surface area contributed by atoms with Crippen molar-refractivity contribution in [2.45, 2.75) is 19.5 Å². The van der Waals surface area contributed by atoms with E-state index in [9.17, 15) is 9.18 Å². The van der Waals surface area contributed by atoms with Gasteiger partial charge in [0.15, 0.2) is 0 Å². The molecule has 0 aliphatic rings. The minimum absolute atomic E-state index is 0.204. The van der Waals surface area contributed by atoms with Crippen molar-refractivity contribution < 1.29 is 9.18 Å². The summed E-state index contributed by atoms with van der Waals surface area (Å²) in [6, 6.07) is 12.6. The van der Waals surface area contributed by atoms with E-state index in [1.807, 2.05) is 6.07 Å². The fourth-order valence-electron chi connectivity index (χ4n) is 2.54. The highest BCUT2D eigenvalue weighted by Gasteiger charge is 2.22. The Balaban J connectivity index is 1.72. The quantitative estimate of drug-likeness (QED) is 0.688. The molecule has 1 unspecified atom stereocenters. The number of aromatic nitrogens is 4. The number of benzene rings is 2. The third-order valence-corrected chi connectivity index (χ3v) is 4.13. The lowest BCUT2D eigenvalue weighted by Gasteiger charge is -2.20. The predicted octanol–water partition coefficient (Wildman–Crippen LogP) is 3.35. The fourth-order valence-corrected chi connectivity index (χ4v) is 2.73. The summed E-state index contributed by atoms with van der Waals surface area (Å²) >= 11 is 5.97. The molecule has 6 nitrogen and oxygen atoms in total. The first-order valence-electron chi connectivity index (χ1n) is 7.99. The van der Waals surface area contributed by atoms with Crippen molar-refractivity contribution in [3.63, 3.8) is 0 Å². The molecule has 0 bridgehead atoms. The van der Waals surface area contributed by atoms with E-state index in [1.54, 1.807) is 44.3 Å². The maximum absolute atomic E-state index is 13.3. The summed E-state index contributed by atoms with van der Waals surface area (Å²) < 4.78 is 13.3. The Morgan fingerprint density at radius 1 is 1.27 bits per heavy atom. The molecule has 3 rings (SSSR count). The summed E-state index contributed by atoms with van der Waals surface area (Å²) in [5.74, 6) is -0.148. The molecule has 1 atom stereocenters. The van der Waals surface area contributed by atoms with Gasteiger partial charge in [0.05, 0.1) is 0 Å². The van der Waals surface area contributed by atoms with Crippen LogP contribution in [-0.4, -0.2) is 38.1 Å². The highest BCUT2D eigenvalue weighted by Crippen LogP contribution is 2.19. The average molecular weight is 374 g/mol. The van der Waals surface area contributed by atoms with Crippen LogP contribution in [-0.2, 0) is 11.3 Å². The van der Waals surface area contributed by atoms with Gasteiger partial charge in [-0.15, -0.1) is 10.2 Å². The SMILES string of the molecule is CC(C(=O)N(C)Cc1cccc(F)c1)n1nnc(-c2cccc(Cl)c2)n1. The largest absolute Gasteiger partial charge is 0.340 e. The van der Waals surface area contributed by atoms with Crippen LogP contribution in [0.25, 0.3) is 11.4 Å². The lowest BCUT2D eigenvalue weighted by atomic mass is 10.2. The first kappa shape index (κ1) is 18.0. The molecule has 0 spiro atoms. The highest BCUT2D eigenvalue weighted by molar-refractivity contribution is 6.30. The van der Waals surface area contributed by atoms with Gasteiger partial charge in [0, 0.05) is 24.2 Å². The second kappa shape index (κ2) is 7.61.